The van der Waals surface area contributed by atoms with E-state index in [1.807, 2.05) is 0 Å². The first-order chi connectivity index (χ1) is 16.9. The van der Waals surface area contributed by atoms with Crippen molar-refractivity contribution in [1.82, 2.24) is 19.7 Å². The molecule has 35 heavy (non-hydrogen) atoms. The zero-order valence-electron chi connectivity index (χ0n) is 20.0. The van der Waals surface area contributed by atoms with Crippen molar-refractivity contribution in [2.75, 3.05) is 32.1 Å². The summed E-state index contributed by atoms with van der Waals surface area (Å²) in [6.45, 7) is 3.04. The fourth-order valence-corrected chi connectivity index (χ4v) is 9.07. The number of aliphatic hydroxyl groups is 1. The number of likely N-dealkylation sites (tertiary alicyclic amines) is 1. The van der Waals surface area contributed by atoms with Crippen LogP contribution in [0.15, 0.2) is 10.6 Å². The van der Waals surface area contributed by atoms with Crippen LogP contribution in [-0.2, 0) is 14.8 Å². The summed E-state index contributed by atoms with van der Waals surface area (Å²) in [5.74, 6) is 1.02. The summed E-state index contributed by atoms with van der Waals surface area (Å²) >= 11 is 0. The lowest BCUT2D eigenvalue weighted by molar-refractivity contribution is -0.0103. The molecule has 6 rings (SSSR count). The number of nitrogens with zero attached hydrogens (tertiary/aromatic N) is 3. The van der Waals surface area contributed by atoms with Gasteiger partial charge < -0.3 is 24.6 Å². The van der Waals surface area contributed by atoms with E-state index in [1.165, 1.54) is 0 Å². The monoisotopic (exact) mass is 508 g/mol. The lowest BCUT2D eigenvalue weighted by Crippen LogP contribution is -2.54. The number of aromatic nitrogens is 1. The third kappa shape index (κ3) is 4.77. The highest BCUT2D eigenvalue weighted by atomic mass is 32.2. The molecule has 1 aromatic heterocycles. The fraction of sp³-hybridized carbons (Fsp3) is 0.833. The highest BCUT2D eigenvalue weighted by Crippen LogP contribution is 2.39. The van der Waals surface area contributed by atoms with Crippen LogP contribution in [0, 0.1) is 5.92 Å². The molecule has 5 fully saturated rings. The van der Waals surface area contributed by atoms with Crippen molar-refractivity contribution in [2.45, 2.75) is 87.6 Å². The molecule has 194 valence electrons. The van der Waals surface area contributed by atoms with Gasteiger partial charge in [0.1, 0.15) is 5.76 Å². The molecule has 5 aliphatic rings. The Bertz CT molecular complexity index is 1010. The Morgan fingerprint density at radius 2 is 1.74 bits per heavy atom. The normalized spacial score (nSPS) is 34.9. The molecule has 2 N–H and O–H groups in total. The molecule has 11 heteroatoms. The Hall–Kier alpha value is -1.53. The van der Waals surface area contributed by atoms with E-state index in [9.17, 15) is 18.3 Å². The zero-order chi connectivity index (χ0) is 24.2. The number of carbonyl (C=O) groups excluding carboxylic acids is 1. The van der Waals surface area contributed by atoms with Crippen LogP contribution in [0.5, 0.6) is 0 Å². The molecule has 0 radical (unpaired) electrons. The Morgan fingerprint density at radius 1 is 1.06 bits per heavy atom. The van der Waals surface area contributed by atoms with Gasteiger partial charge in [0.25, 0.3) is 5.91 Å². The van der Waals surface area contributed by atoms with Crippen molar-refractivity contribution in [3.63, 3.8) is 0 Å². The summed E-state index contributed by atoms with van der Waals surface area (Å²) < 4.78 is 39.2. The van der Waals surface area contributed by atoms with Crippen LogP contribution in [0.4, 0.5) is 0 Å². The third-order valence-corrected chi connectivity index (χ3v) is 11.0. The van der Waals surface area contributed by atoms with Gasteiger partial charge in [0.05, 0.1) is 31.0 Å². The van der Waals surface area contributed by atoms with E-state index in [1.54, 1.807) is 10.4 Å². The molecule has 1 aliphatic carbocycles. The van der Waals surface area contributed by atoms with E-state index >= 15 is 0 Å². The zero-order valence-corrected chi connectivity index (χ0v) is 20.9. The Balaban J connectivity index is 1.02. The molecule has 10 nitrogen and oxygen atoms in total. The first-order valence-electron chi connectivity index (χ1n) is 13.1. The Labute approximate surface area is 206 Å². The molecule has 4 saturated heterocycles. The quantitative estimate of drug-likeness (QED) is 0.561. The second-order valence-corrected chi connectivity index (χ2v) is 13.2. The highest BCUT2D eigenvalue weighted by Gasteiger charge is 2.47. The SMILES string of the molecule is O=C(NC1CC2CC[C@H](C1)N2S(=O)(=O)CC1CCN(C2CC(O)C2)CC1)c1cc(C2COC2)on1. The van der Waals surface area contributed by atoms with Crippen molar-refractivity contribution < 1.29 is 27.6 Å². The minimum absolute atomic E-state index is 0.0411. The summed E-state index contributed by atoms with van der Waals surface area (Å²) in [7, 11) is -3.34. The molecule has 2 unspecified atom stereocenters. The molecule has 3 atom stereocenters. The van der Waals surface area contributed by atoms with Crippen molar-refractivity contribution in [3.05, 3.63) is 17.5 Å². The minimum atomic E-state index is -3.34. The van der Waals surface area contributed by atoms with Gasteiger partial charge >= 0.3 is 0 Å². The number of sulfonamides is 1. The van der Waals surface area contributed by atoms with Gasteiger partial charge in [-0.15, -0.1) is 0 Å². The molecule has 2 bridgehead atoms. The summed E-state index contributed by atoms with van der Waals surface area (Å²) in [5.41, 5.74) is 0.275. The van der Waals surface area contributed by atoms with Gasteiger partial charge in [0.2, 0.25) is 10.0 Å². The molecule has 0 aromatic carbocycles. The fourth-order valence-electron chi connectivity index (χ4n) is 6.68. The van der Waals surface area contributed by atoms with Crippen molar-refractivity contribution >= 4 is 15.9 Å². The number of fused-ring (bicyclic) bond motifs is 2. The van der Waals surface area contributed by atoms with Crippen LogP contribution in [-0.4, -0.2) is 96.1 Å². The smallest absolute Gasteiger partial charge is 0.273 e. The van der Waals surface area contributed by atoms with E-state index in [4.69, 9.17) is 9.26 Å². The number of hydrogen-bond acceptors (Lipinski definition) is 8. The average molecular weight is 509 g/mol. The molecular formula is C24H36N4O6S. The maximum atomic E-state index is 13.5. The maximum Gasteiger partial charge on any atom is 0.273 e. The van der Waals surface area contributed by atoms with Crippen molar-refractivity contribution in [2.24, 2.45) is 5.92 Å². The molecule has 0 spiro atoms. The summed E-state index contributed by atoms with van der Waals surface area (Å²) in [4.78, 5) is 15.2. The van der Waals surface area contributed by atoms with Crippen LogP contribution >= 0.6 is 0 Å². The molecule has 1 saturated carbocycles. The van der Waals surface area contributed by atoms with Crippen LogP contribution < -0.4 is 5.32 Å². The van der Waals surface area contributed by atoms with Crippen LogP contribution in [0.3, 0.4) is 0 Å². The van der Waals surface area contributed by atoms with Crippen LogP contribution in [0.2, 0.25) is 0 Å². The second-order valence-electron chi connectivity index (χ2n) is 11.2. The van der Waals surface area contributed by atoms with Gasteiger partial charge in [-0.2, -0.15) is 4.31 Å². The number of ether oxygens (including phenoxy) is 1. The lowest BCUT2D eigenvalue weighted by atomic mass is 9.86. The number of hydrogen-bond donors (Lipinski definition) is 2. The van der Waals surface area contributed by atoms with Gasteiger partial charge in [-0.05, 0) is 70.4 Å². The van der Waals surface area contributed by atoms with E-state index in [0.29, 0.717) is 37.9 Å². The standard InChI is InChI=1S/C24H36N4O6S/c29-21-9-20(10-21)27-5-3-15(4-6-27)14-35(31,32)28-18-1-2-19(28)8-17(7-18)25-24(30)22-11-23(34-26-22)16-12-33-13-16/h11,15-21,29H,1-10,12-14H2,(H,25,30)/t17?,18-,19?,20?,21?/m1/s1. The second kappa shape index (κ2) is 9.41. The van der Waals surface area contributed by atoms with Gasteiger partial charge in [0.15, 0.2) is 5.69 Å². The van der Waals surface area contributed by atoms with E-state index in [0.717, 1.165) is 51.6 Å². The number of amides is 1. The predicted molar refractivity (Wildman–Crippen MR) is 126 cm³/mol. The van der Waals surface area contributed by atoms with Crippen LogP contribution in [0.1, 0.15) is 73.5 Å². The van der Waals surface area contributed by atoms with Crippen LogP contribution in [0.25, 0.3) is 0 Å². The number of rotatable bonds is 7. The predicted octanol–water partition coefficient (Wildman–Crippen LogP) is 1.08. The van der Waals surface area contributed by atoms with Gasteiger partial charge in [-0.1, -0.05) is 5.16 Å². The van der Waals surface area contributed by atoms with E-state index in [-0.39, 0.29) is 53.4 Å². The number of piperidine rings is 2. The molecule has 5 heterocycles. The number of aliphatic hydroxyl groups excluding tert-OH is 1. The van der Waals surface area contributed by atoms with E-state index < -0.39 is 10.0 Å². The lowest BCUT2D eigenvalue weighted by Gasteiger charge is -2.44. The van der Waals surface area contributed by atoms with Gasteiger partial charge in [0, 0.05) is 30.2 Å². The molecule has 4 aliphatic heterocycles. The summed E-state index contributed by atoms with van der Waals surface area (Å²) in [6.07, 6.45) is 6.35. The van der Waals surface area contributed by atoms with E-state index in [2.05, 4.69) is 15.4 Å². The third-order valence-electron chi connectivity index (χ3n) is 8.82. The molecular weight excluding hydrogens is 472 g/mol. The summed E-state index contributed by atoms with van der Waals surface area (Å²) in [6, 6.07) is 2.03. The number of carbonyl (C=O) groups is 1. The topological polar surface area (TPSA) is 125 Å². The van der Waals surface area contributed by atoms with Crippen molar-refractivity contribution in [3.8, 4) is 0 Å². The van der Waals surface area contributed by atoms with Gasteiger partial charge in [-0.3, -0.25) is 4.79 Å². The first-order valence-corrected chi connectivity index (χ1v) is 14.7. The Morgan fingerprint density at radius 3 is 2.34 bits per heavy atom. The van der Waals surface area contributed by atoms with Crippen molar-refractivity contribution in [1.29, 1.82) is 0 Å². The summed E-state index contributed by atoms with van der Waals surface area (Å²) in [5, 5.41) is 16.6. The number of nitrogens with one attached hydrogen (secondary N) is 1. The Kier molecular flexibility index (Phi) is 6.41. The first kappa shape index (κ1) is 23.8. The molecule has 1 aromatic rings. The minimum Gasteiger partial charge on any atom is -0.393 e. The maximum absolute atomic E-state index is 13.5. The highest BCUT2D eigenvalue weighted by molar-refractivity contribution is 7.89. The average Bonchev–Trinajstić information content (AvgIpc) is 3.34. The molecule has 1 amide bonds. The largest absolute Gasteiger partial charge is 0.393 e. The van der Waals surface area contributed by atoms with Gasteiger partial charge in [-0.25, -0.2) is 8.42 Å².